The van der Waals surface area contributed by atoms with Gasteiger partial charge in [-0.2, -0.15) is 0 Å². The number of rotatable bonds is 4. The number of amides is 2. The molecule has 0 spiro atoms. The number of hydrogen-bond donors (Lipinski definition) is 3. The maximum atomic E-state index is 11.5. The number of carboxylic acids is 1. The lowest BCUT2D eigenvalue weighted by molar-refractivity contribution is -0.142. The molecule has 5 nitrogen and oxygen atoms in total. The van der Waals surface area contributed by atoms with Crippen LogP contribution in [0.4, 0.5) is 4.79 Å². The number of carboxylic acid groups (broad SMARTS) is 1. The first-order valence-corrected chi connectivity index (χ1v) is 5.90. The van der Waals surface area contributed by atoms with E-state index in [2.05, 4.69) is 17.2 Å². The highest BCUT2D eigenvalue weighted by Crippen LogP contribution is 2.24. The van der Waals surface area contributed by atoms with E-state index in [0.29, 0.717) is 19.4 Å². The van der Waals surface area contributed by atoms with Gasteiger partial charge in [-0.3, -0.25) is 4.79 Å². The molecule has 0 aliphatic heterocycles. The minimum absolute atomic E-state index is 0.0933. The van der Waals surface area contributed by atoms with Crippen LogP contribution in [-0.4, -0.2) is 29.7 Å². The average Bonchev–Trinajstić information content (AvgIpc) is 2.27. The smallest absolute Gasteiger partial charge is 0.315 e. The maximum absolute atomic E-state index is 11.5. The number of aliphatic carboxylic acids is 1. The molecule has 3 N–H and O–H groups in total. The van der Waals surface area contributed by atoms with Gasteiger partial charge in [-0.25, -0.2) is 4.79 Å². The minimum atomic E-state index is -0.727. The lowest BCUT2D eigenvalue weighted by atomic mass is 9.86. The lowest BCUT2D eigenvalue weighted by Crippen LogP contribution is -2.44. The molecular formula is C12H20N2O3. The summed E-state index contributed by atoms with van der Waals surface area (Å²) in [5, 5.41) is 14.4. The molecule has 0 aromatic carbocycles. The fraction of sp³-hybridized carbons (Fsp3) is 0.667. The van der Waals surface area contributed by atoms with Crippen LogP contribution in [0.15, 0.2) is 12.2 Å². The van der Waals surface area contributed by atoms with E-state index < -0.39 is 5.97 Å². The summed E-state index contributed by atoms with van der Waals surface area (Å²) in [6.07, 6.45) is 2.75. The van der Waals surface area contributed by atoms with E-state index in [0.717, 1.165) is 18.4 Å². The topological polar surface area (TPSA) is 78.4 Å². The monoisotopic (exact) mass is 240 g/mol. The van der Waals surface area contributed by atoms with E-state index in [1.165, 1.54) is 0 Å². The van der Waals surface area contributed by atoms with Crippen molar-refractivity contribution in [2.75, 3.05) is 6.54 Å². The van der Waals surface area contributed by atoms with E-state index in [1.54, 1.807) is 0 Å². The largest absolute Gasteiger partial charge is 0.481 e. The summed E-state index contributed by atoms with van der Waals surface area (Å²) in [4.78, 5) is 22.2. The summed E-state index contributed by atoms with van der Waals surface area (Å²) < 4.78 is 0. The summed E-state index contributed by atoms with van der Waals surface area (Å²) in [5.74, 6) is -0.971. The number of hydrogen-bond acceptors (Lipinski definition) is 2. The molecule has 1 saturated carbocycles. The van der Waals surface area contributed by atoms with E-state index in [1.807, 2.05) is 6.92 Å². The number of carbonyl (C=O) groups is 2. The van der Waals surface area contributed by atoms with E-state index in [4.69, 9.17) is 5.11 Å². The van der Waals surface area contributed by atoms with Crippen LogP contribution in [0.5, 0.6) is 0 Å². The predicted octanol–water partition coefficient (Wildman–Crippen LogP) is 1.51. The Morgan fingerprint density at radius 2 is 1.88 bits per heavy atom. The summed E-state index contributed by atoms with van der Waals surface area (Å²) in [7, 11) is 0. The van der Waals surface area contributed by atoms with Crippen LogP contribution in [-0.2, 0) is 4.79 Å². The van der Waals surface area contributed by atoms with Gasteiger partial charge in [0.1, 0.15) is 0 Å². The van der Waals surface area contributed by atoms with Crippen molar-refractivity contribution in [1.29, 1.82) is 0 Å². The molecule has 1 aliphatic rings. The van der Waals surface area contributed by atoms with Crippen molar-refractivity contribution in [1.82, 2.24) is 10.6 Å². The van der Waals surface area contributed by atoms with Gasteiger partial charge in [-0.1, -0.05) is 12.2 Å². The summed E-state index contributed by atoms with van der Waals surface area (Å²) >= 11 is 0. The number of nitrogens with one attached hydrogen (secondary N) is 2. The summed E-state index contributed by atoms with van der Waals surface area (Å²) in [6.45, 7) is 6.01. The predicted molar refractivity (Wildman–Crippen MR) is 64.7 cm³/mol. The molecule has 96 valence electrons. The fourth-order valence-corrected chi connectivity index (χ4v) is 1.95. The SMILES string of the molecule is C=C(C)CNC(=O)NC1CCC(C(=O)O)CC1. The van der Waals surface area contributed by atoms with Crippen LogP contribution in [0.3, 0.4) is 0 Å². The van der Waals surface area contributed by atoms with E-state index >= 15 is 0 Å². The maximum Gasteiger partial charge on any atom is 0.315 e. The molecule has 0 unspecified atom stereocenters. The highest BCUT2D eigenvalue weighted by atomic mass is 16.4. The molecule has 0 bridgehead atoms. The zero-order valence-corrected chi connectivity index (χ0v) is 10.2. The Kier molecular flexibility index (Phi) is 5.00. The Labute approximate surface area is 101 Å². The number of urea groups is 1. The molecule has 0 radical (unpaired) electrons. The molecule has 0 saturated heterocycles. The lowest BCUT2D eigenvalue weighted by Gasteiger charge is -2.26. The summed E-state index contributed by atoms with van der Waals surface area (Å²) in [6, 6.07) is -0.109. The van der Waals surface area contributed by atoms with Crippen molar-refractivity contribution in [2.45, 2.75) is 38.6 Å². The Hall–Kier alpha value is -1.52. The minimum Gasteiger partial charge on any atom is -0.481 e. The Balaban J connectivity index is 2.23. The van der Waals surface area contributed by atoms with Crippen LogP contribution < -0.4 is 10.6 Å². The van der Waals surface area contributed by atoms with Crippen molar-refractivity contribution >= 4 is 12.0 Å². The highest BCUT2D eigenvalue weighted by Gasteiger charge is 2.26. The standard InChI is InChI=1S/C12H20N2O3/c1-8(2)7-13-12(17)14-10-5-3-9(4-6-10)11(15)16/h9-10H,1,3-7H2,2H3,(H,15,16)(H2,13,14,17). The van der Waals surface area contributed by atoms with Crippen LogP contribution >= 0.6 is 0 Å². The fourth-order valence-electron chi connectivity index (χ4n) is 1.95. The normalized spacial score (nSPS) is 23.8. The van der Waals surface area contributed by atoms with Crippen molar-refractivity contribution in [2.24, 2.45) is 5.92 Å². The average molecular weight is 240 g/mol. The van der Waals surface area contributed by atoms with Gasteiger partial charge in [0.25, 0.3) is 0 Å². The van der Waals surface area contributed by atoms with E-state index in [9.17, 15) is 9.59 Å². The molecule has 5 heteroatoms. The van der Waals surface area contributed by atoms with E-state index in [-0.39, 0.29) is 18.0 Å². The van der Waals surface area contributed by atoms with Gasteiger partial charge in [0, 0.05) is 12.6 Å². The van der Waals surface area contributed by atoms with Crippen molar-refractivity contribution in [3.05, 3.63) is 12.2 Å². The second kappa shape index (κ2) is 6.27. The molecular weight excluding hydrogens is 220 g/mol. The molecule has 17 heavy (non-hydrogen) atoms. The zero-order chi connectivity index (χ0) is 12.8. The van der Waals surface area contributed by atoms with Gasteiger partial charge in [-0.05, 0) is 32.6 Å². The number of carbonyl (C=O) groups excluding carboxylic acids is 1. The van der Waals surface area contributed by atoms with Crippen LogP contribution in [0, 0.1) is 5.92 Å². The molecule has 2 amide bonds. The van der Waals surface area contributed by atoms with Gasteiger partial charge >= 0.3 is 12.0 Å². The van der Waals surface area contributed by atoms with Crippen LogP contribution in [0.25, 0.3) is 0 Å². The molecule has 0 aromatic heterocycles. The quantitative estimate of drug-likeness (QED) is 0.652. The third kappa shape index (κ3) is 4.89. The molecule has 1 rings (SSSR count). The molecule has 0 heterocycles. The molecule has 1 aliphatic carbocycles. The molecule has 0 aromatic rings. The zero-order valence-electron chi connectivity index (χ0n) is 10.2. The Bertz CT molecular complexity index is 307. The Morgan fingerprint density at radius 3 is 2.35 bits per heavy atom. The first-order valence-electron chi connectivity index (χ1n) is 5.90. The van der Waals surface area contributed by atoms with Crippen LogP contribution in [0.2, 0.25) is 0 Å². The third-order valence-electron chi connectivity index (χ3n) is 2.96. The molecule has 0 atom stereocenters. The first kappa shape index (κ1) is 13.5. The second-order valence-electron chi connectivity index (χ2n) is 4.67. The van der Waals surface area contributed by atoms with Gasteiger partial charge in [0.15, 0.2) is 0 Å². The highest BCUT2D eigenvalue weighted by molar-refractivity contribution is 5.74. The Morgan fingerprint density at radius 1 is 1.29 bits per heavy atom. The van der Waals surface area contributed by atoms with Crippen molar-refractivity contribution in [3.63, 3.8) is 0 Å². The van der Waals surface area contributed by atoms with Gasteiger partial charge < -0.3 is 15.7 Å². The van der Waals surface area contributed by atoms with Crippen LogP contribution in [0.1, 0.15) is 32.6 Å². The van der Waals surface area contributed by atoms with Gasteiger partial charge in [0.05, 0.1) is 5.92 Å². The van der Waals surface area contributed by atoms with Gasteiger partial charge in [0.2, 0.25) is 0 Å². The first-order chi connectivity index (χ1) is 7.99. The molecule has 1 fully saturated rings. The van der Waals surface area contributed by atoms with Crippen molar-refractivity contribution in [3.8, 4) is 0 Å². The second-order valence-corrected chi connectivity index (χ2v) is 4.67. The third-order valence-corrected chi connectivity index (χ3v) is 2.96. The summed E-state index contributed by atoms with van der Waals surface area (Å²) in [5.41, 5.74) is 0.898. The van der Waals surface area contributed by atoms with Gasteiger partial charge in [-0.15, -0.1) is 0 Å². The van der Waals surface area contributed by atoms with Crippen molar-refractivity contribution < 1.29 is 14.7 Å².